The van der Waals surface area contributed by atoms with Gasteiger partial charge in [0, 0.05) is 12.4 Å². The van der Waals surface area contributed by atoms with Crippen LogP contribution >= 0.6 is 0 Å². The van der Waals surface area contributed by atoms with Gasteiger partial charge in [-0.25, -0.2) is 4.98 Å². The molecule has 3 aromatic heterocycles. The molecule has 0 radical (unpaired) electrons. The van der Waals surface area contributed by atoms with Gasteiger partial charge in [-0.2, -0.15) is 5.10 Å². The van der Waals surface area contributed by atoms with Gasteiger partial charge in [0.05, 0.1) is 31.0 Å². The number of rotatable bonds is 2. The van der Waals surface area contributed by atoms with E-state index >= 15 is 0 Å². The number of hydrogen-bond acceptors (Lipinski definition) is 5. The van der Waals surface area contributed by atoms with E-state index in [1.54, 1.807) is 29.5 Å². The van der Waals surface area contributed by atoms with E-state index in [-0.39, 0.29) is 5.56 Å². The zero-order valence-electron chi connectivity index (χ0n) is 8.74. The number of H-pyrrole nitrogens is 1. The Morgan fingerprint density at radius 2 is 2.24 bits per heavy atom. The fraction of sp³-hybridized carbons (Fsp3) is 0.100. The van der Waals surface area contributed by atoms with Gasteiger partial charge in [-0.05, 0) is 0 Å². The number of nitrogens with one attached hydrogen (secondary N) is 1. The fourth-order valence-corrected chi connectivity index (χ4v) is 1.55. The summed E-state index contributed by atoms with van der Waals surface area (Å²) in [5.74, 6) is 0. The largest absolute Gasteiger partial charge is 0.311 e. The summed E-state index contributed by atoms with van der Waals surface area (Å²) in [7, 11) is 0. The van der Waals surface area contributed by atoms with Gasteiger partial charge in [0.2, 0.25) is 0 Å². The smallest absolute Gasteiger partial charge is 0.279 e. The third-order valence-electron chi connectivity index (χ3n) is 2.30. The van der Waals surface area contributed by atoms with Crippen molar-refractivity contribution in [2.24, 2.45) is 0 Å². The van der Waals surface area contributed by atoms with Crippen molar-refractivity contribution in [3.05, 3.63) is 47.2 Å². The third kappa shape index (κ3) is 1.78. The van der Waals surface area contributed by atoms with Gasteiger partial charge in [-0.15, -0.1) is 0 Å². The van der Waals surface area contributed by atoms with Gasteiger partial charge in [-0.3, -0.25) is 19.4 Å². The predicted octanol–water partition coefficient (Wildman–Crippen LogP) is -0.0421. The van der Waals surface area contributed by atoms with Crippen LogP contribution in [0.5, 0.6) is 0 Å². The van der Waals surface area contributed by atoms with E-state index in [0.717, 1.165) is 5.69 Å². The van der Waals surface area contributed by atoms with E-state index in [9.17, 15) is 4.79 Å². The molecule has 84 valence electrons. The molecule has 0 fully saturated rings. The highest BCUT2D eigenvalue weighted by atomic mass is 16.1. The fourth-order valence-electron chi connectivity index (χ4n) is 1.55. The van der Waals surface area contributed by atoms with E-state index in [1.165, 1.54) is 6.33 Å². The molecule has 3 heterocycles. The Labute approximate surface area is 95.2 Å². The van der Waals surface area contributed by atoms with Crippen molar-refractivity contribution >= 4 is 11.0 Å². The second-order valence-electron chi connectivity index (χ2n) is 3.49. The Morgan fingerprint density at radius 3 is 3.00 bits per heavy atom. The van der Waals surface area contributed by atoms with Crippen LogP contribution in [0.1, 0.15) is 5.69 Å². The molecule has 0 atom stereocenters. The molecule has 0 saturated heterocycles. The molecule has 0 aromatic carbocycles. The molecule has 0 amide bonds. The summed E-state index contributed by atoms with van der Waals surface area (Å²) in [5, 5.41) is 4.15. The molecule has 3 rings (SSSR count). The lowest BCUT2D eigenvalue weighted by molar-refractivity contribution is 0.677. The highest BCUT2D eigenvalue weighted by Gasteiger charge is 2.05. The molecule has 0 aliphatic carbocycles. The Morgan fingerprint density at radius 1 is 1.29 bits per heavy atom. The van der Waals surface area contributed by atoms with Gasteiger partial charge in [0.25, 0.3) is 5.56 Å². The summed E-state index contributed by atoms with van der Waals surface area (Å²) in [6.45, 7) is 0.462. The first-order valence-corrected chi connectivity index (χ1v) is 4.99. The maximum absolute atomic E-state index is 11.4. The third-order valence-corrected chi connectivity index (χ3v) is 2.30. The minimum atomic E-state index is -0.243. The van der Waals surface area contributed by atoms with Crippen molar-refractivity contribution in [1.82, 2.24) is 29.7 Å². The van der Waals surface area contributed by atoms with E-state index < -0.39 is 0 Å². The first-order chi connectivity index (χ1) is 8.33. The SMILES string of the molecule is O=c1[nH]cnc2cn(Cc3cnccn3)nc12. The molecule has 17 heavy (non-hydrogen) atoms. The van der Waals surface area contributed by atoms with Crippen LogP contribution < -0.4 is 5.56 Å². The number of aromatic nitrogens is 6. The summed E-state index contributed by atoms with van der Waals surface area (Å²) < 4.78 is 1.62. The van der Waals surface area contributed by atoms with Crippen molar-refractivity contribution < 1.29 is 0 Å². The summed E-state index contributed by atoms with van der Waals surface area (Å²) in [4.78, 5) is 26.1. The lowest BCUT2D eigenvalue weighted by atomic mass is 10.4. The number of fused-ring (bicyclic) bond motifs is 1. The topological polar surface area (TPSA) is 89.4 Å². The van der Waals surface area contributed by atoms with Gasteiger partial charge >= 0.3 is 0 Å². The van der Waals surface area contributed by atoms with E-state index in [0.29, 0.717) is 17.6 Å². The lowest BCUT2D eigenvalue weighted by Gasteiger charge is -1.98. The van der Waals surface area contributed by atoms with Crippen LogP contribution in [-0.2, 0) is 6.54 Å². The second kappa shape index (κ2) is 3.78. The maximum atomic E-state index is 11.4. The van der Waals surface area contributed by atoms with Gasteiger partial charge in [0.1, 0.15) is 5.52 Å². The summed E-state index contributed by atoms with van der Waals surface area (Å²) >= 11 is 0. The minimum Gasteiger partial charge on any atom is -0.311 e. The van der Waals surface area contributed by atoms with E-state index in [2.05, 4.69) is 25.0 Å². The number of hydrogen-bond donors (Lipinski definition) is 1. The quantitative estimate of drug-likeness (QED) is 0.664. The number of aromatic amines is 1. The van der Waals surface area contributed by atoms with Crippen molar-refractivity contribution in [3.63, 3.8) is 0 Å². The molecule has 7 nitrogen and oxygen atoms in total. The Bertz CT molecular complexity index is 701. The molecule has 0 aliphatic heterocycles. The van der Waals surface area contributed by atoms with Crippen LogP contribution in [-0.4, -0.2) is 29.7 Å². The van der Waals surface area contributed by atoms with Crippen LogP contribution in [0.4, 0.5) is 0 Å². The number of nitrogens with zero attached hydrogens (tertiary/aromatic N) is 5. The van der Waals surface area contributed by atoms with Crippen molar-refractivity contribution in [2.75, 3.05) is 0 Å². The zero-order valence-corrected chi connectivity index (χ0v) is 8.74. The second-order valence-corrected chi connectivity index (χ2v) is 3.49. The predicted molar refractivity (Wildman–Crippen MR) is 59.3 cm³/mol. The van der Waals surface area contributed by atoms with Gasteiger partial charge in [-0.1, -0.05) is 0 Å². The highest BCUT2D eigenvalue weighted by molar-refractivity contribution is 5.71. The average molecular weight is 228 g/mol. The summed E-state index contributed by atoms with van der Waals surface area (Å²) in [6, 6.07) is 0. The zero-order chi connectivity index (χ0) is 11.7. The average Bonchev–Trinajstić information content (AvgIpc) is 2.74. The molecule has 7 heteroatoms. The summed E-state index contributed by atoms with van der Waals surface area (Å²) in [5.41, 5.74) is 1.43. The molecule has 0 spiro atoms. The van der Waals surface area contributed by atoms with E-state index in [1.807, 2.05) is 0 Å². The van der Waals surface area contributed by atoms with Crippen molar-refractivity contribution in [2.45, 2.75) is 6.54 Å². The normalized spacial score (nSPS) is 10.8. The van der Waals surface area contributed by atoms with Crippen molar-refractivity contribution in [3.8, 4) is 0 Å². The van der Waals surface area contributed by atoms with E-state index in [4.69, 9.17) is 0 Å². The molecule has 0 aliphatic rings. The molecule has 3 aromatic rings. The first-order valence-electron chi connectivity index (χ1n) is 4.99. The standard InChI is InChI=1S/C10H8N6O/c17-10-9-8(13-6-14-10)5-16(15-9)4-7-3-11-1-2-12-7/h1-3,5-6H,4H2,(H,13,14,17). The molecule has 0 saturated carbocycles. The Balaban J connectivity index is 2.02. The monoisotopic (exact) mass is 228 g/mol. The van der Waals surface area contributed by atoms with Crippen LogP contribution in [0, 0.1) is 0 Å². The lowest BCUT2D eigenvalue weighted by Crippen LogP contribution is -2.07. The molecular weight excluding hydrogens is 220 g/mol. The van der Waals surface area contributed by atoms with Crippen LogP contribution in [0.25, 0.3) is 11.0 Å². The molecule has 0 bridgehead atoms. The highest BCUT2D eigenvalue weighted by Crippen LogP contribution is 2.04. The van der Waals surface area contributed by atoms with Crippen LogP contribution in [0.3, 0.4) is 0 Å². The summed E-state index contributed by atoms with van der Waals surface area (Å²) in [6.07, 6.45) is 7.95. The Kier molecular flexibility index (Phi) is 2.14. The first kappa shape index (κ1) is 9.64. The molecular formula is C10H8N6O. The van der Waals surface area contributed by atoms with Gasteiger partial charge < -0.3 is 4.98 Å². The van der Waals surface area contributed by atoms with Crippen LogP contribution in [0.2, 0.25) is 0 Å². The minimum absolute atomic E-state index is 0.243. The van der Waals surface area contributed by atoms with Crippen molar-refractivity contribution in [1.29, 1.82) is 0 Å². The van der Waals surface area contributed by atoms with Crippen LogP contribution in [0.15, 0.2) is 35.9 Å². The maximum Gasteiger partial charge on any atom is 0.279 e. The van der Waals surface area contributed by atoms with Gasteiger partial charge in [0.15, 0.2) is 5.52 Å². The molecule has 1 N–H and O–H groups in total. The Hall–Kier alpha value is -2.57. The molecule has 0 unspecified atom stereocenters.